The molecule has 0 aromatic rings. The summed E-state index contributed by atoms with van der Waals surface area (Å²) in [5.74, 6) is -0.714. The minimum absolute atomic E-state index is 0.0116. The molecule has 4 heteroatoms. The number of carboxylic acids is 1. The van der Waals surface area contributed by atoms with E-state index in [-0.39, 0.29) is 18.5 Å². The van der Waals surface area contributed by atoms with Gasteiger partial charge in [0.15, 0.2) is 0 Å². The molecule has 0 spiro atoms. The highest BCUT2D eigenvalue weighted by Crippen LogP contribution is 2.18. The molecule has 1 atom stereocenters. The zero-order valence-corrected chi connectivity index (χ0v) is 30.6. The van der Waals surface area contributed by atoms with Crippen molar-refractivity contribution in [3.8, 4) is 0 Å². The van der Waals surface area contributed by atoms with E-state index in [0.717, 1.165) is 70.6 Å². The summed E-state index contributed by atoms with van der Waals surface area (Å²) in [5.41, 5.74) is 0. The number of ether oxygens (including phenoxy) is 1. The smallest absolute Gasteiger partial charge is 0.306 e. The highest BCUT2D eigenvalue weighted by molar-refractivity contribution is 5.69. The average Bonchev–Trinajstić information content (AvgIpc) is 3.04. The summed E-state index contributed by atoms with van der Waals surface area (Å²) < 4.78 is 5.97. The molecular formula is C42H76O4. The maximum Gasteiger partial charge on any atom is 0.306 e. The van der Waals surface area contributed by atoms with Gasteiger partial charge in [-0.3, -0.25) is 9.59 Å². The highest BCUT2D eigenvalue weighted by Gasteiger charge is 2.14. The second-order valence-electron chi connectivity index (χ2n) is 13.5. The van der Waals surface area contributed by atoms with Crippen LogP contribution in [0.1, 0.15) is 213 Å². The molecule has 46 heavy (non-hydrogen) atoms. The summed E-state index contributed by atoms with van der Waals surface area (Å²) >= 11 is 0. The standard InChI is InChI=1S/C42H76O4/c1-3-5-7-9-11-12-13-14-15-16-17-18-19-20-21-22-23-24-26-31-35-39-42(45)46-40(36-32-28-25-10-8-6-4-2)37-33-29-27-30-34-38-41(43)44/h11-12,14-15,20-21,40H,3-10,13,16-19,22-39H2,1-2H3,(H,43,44)/b12-11-,15-14-,21-20-. The van der Waals surface area contributed by atoms with Gasteiger partial charge in [0.05, 0.1) is 0 Å². The van der Waals surface area contributed by atoms with Crippen LogP contribution >= 0.6 is 0 Å². The van der Waals surface area contributed by atoms with E-state index >= 15 is 0 Å². The van der Waals surface area contributed by atoms with Crippen molar-refractivity contribution in [2.75, 3.05) is 0 Å². The van der Waals surface area contributed by atoms with Gasteiger partial charge in [-0.05, 0) is 96.3 Å². The van der Waals surface area contributed by atoms with Gasteiger partial charge in [0, 0.05) is 12.8 Å². The highest BCUT2D eigenvalue weighted by atomic mass is 16.5. The summed E-state index contributed by atoms with van der Waals surface area (Å²) in [7, 11) is 0. The van der Waals surface area contributed by atoms with E-state index in [9.17, 15) is 9.59 Å². The number of esters is 1. The van der Waals surface area contributed by atoms with Crippen molar-refractivity contribution in [2.24, 2.45) is 0 Å². The predicted molar refractivity (Wildman–Crippen MR) is 199 cm³/mol. The molecule has 268 valence electrons. The van der Waals surface area contributed by atoms with Crippen LogP contribution in [0.3, 0.4) is 0 Å². The molecule has 0 aromatic heterocycles. The maximum atomic E-state index is 12.6. The number of allylic oxidation sites excluding steroid dienone is 6. The zero-order chi connectivity index (χ0) is 33.6. The monoisotopic (exact) mass is 645 g/mol. The molecule has 0 aliphatic rings. The molecule has 0 radical (unpaired) electrons. The lowest BCUT2D eigenvalue weighted by Gasteiger charge is -2.18. The number of aliphatic carboxylic acids is 1. The van der Waals surface area contributed by atoms with E-state index in [0.29, 0.717) is 6.42 Å². The van der Waals surface area contributed by atoms with Crippen LogP contribution in [-0.2, 0) is 14.3 Å². The fourth-order valence-corrected chi connectivity index (χ4v) is 5.86. The first-order valence-corrected chi connectivity index (χ1v) is 20.0. The molecule has 0 amide bonds. The van der Waals surface area contributed by atoms with Gasteiger partial charge in [0.1, 0.15) is 6.10 Å². The first-order chi connectivity index (χ1) is 22.6. The molecule has 0 fully saturated rings. The molecule has 1 N–H and O–H groups in total. The Morgan fingerprint density at radius 3 is 1.37 bits per heavy atom. The Labute approximate surface area is 286 Å². The van der Waals surface area contributed by atoms with Crippen LogP contribution < -0.4 is 0 Å². The molecule has 0 bridgehead atoms. The molecule has 0 saturated carbocycles. The second kappa shape index (κ2) is 37.6. The number of carboxylic acid groups (broad SMARTS) is 1. The minimum Gasteiger partial charge on any atom is -0.481 e. The van der Waals surface area contributed by atoms with Crippen molar-refractivity contribution in [2.45, 2.75) is 219 Å². The molecular weight excluding hydrogens is 568 g/mol. The Kier molecular flexibility index (Phi) is 36.1. The fraction of sp³-hybridized carbons (Fsp3) is 0.810. The molecule has 0 heterocycles. The van der Waals surface area contributed by atoms with E-state index in [1.54, 1.807) is 0 Å². The van der Waals surface area contributed by atoms with Crippen molar-refractivity contribution in [3.05, 3.63) is 36.5 Å². The maximum absolute atomic E-state index is 12.6. The quantitative estimate of drug-likeness (QED) is 0.0419. The predicted octanol–water partition coefficient (Wildman–Crippen LogP) is 13.8. The van der Waals surface area contributed by atoms with Gasteiger partial charge in [0.2, 0.25) is 0 Å². The third-order valence-corrected chi connectivity index (χ3v) is 8.83. The van der Waals surface area contributed by atoms with Gasteiger partial charge in [0.25, 0.3) is 0 Å². The molecule has 0 aromatic carbocycles. The zero-order valence-electron chi connectivity index (χ0n) is 30.6. The van der Waals surface area contributed by atoms with Crippen LogP contribution in [0.15, 0.2) is 36.5 Å². The number of carbonyl (C=O) groups is 2. The van der Waals surface area contributed by atoms with Crippen molar-refractivity contribution in [1.82, 2.24) is 0 Å². The minimum atomic E-state index is -0.703. The number of hydrogen-bond acceptors (Lipinski definition) is 3. The van der Waals surface area contributed by atoms with Gasteiger partial charge in [-0.1, -0.05) is 140 Å². The Morgan fingerprint density at radius 1 is 0.478 bits per heavy atom. The molecule has 1 unspecified atom stereocenters. The lowest BCUT2D eigenvalue weighted by atomic mass is 10.0. The van der Waals surface area contributed by atoms with Crippen molar-refractivity contribution in [3.63, 3.8) is 0 Å². The van der Waals surface area contributed by atoms with Gasteiger partial charge in [-0.2, -0.15) is 0 Å². The SMILES string of the molecule is CCCCC/C=C\C/C=C\CCCC/C=C\CCCCCCCC(=O)OC(CCCCCCCCC)CCCCCCCC(=O)O. The first kappa shape index (κ1) is 44.2. The number of unbranched alkanes of at least 4 members (excludes halogenated alkanes) is 21. The van der Waals surface area contributed by atoms with E-state index in [1.165, 1.54) is 116 Å². The van der Waals surface area contributed by atoms with E-state index in [1.807, 2.05) is 0 Å². The lowest BCUT2D eigenvalue weighted by molar-refractivity contribution is -0.150. The normalized spacial score (nSPS) is 12.6. The largest absolute Gasteiger partial charge is 0.481 e. The molecule has 4 nitrogen and oxygen atoms in total. The Balaban J connectivity index is 3.88. The summed E-state index contributed by atoms with van der Waals surface area (Å²) in [4.78, 5) is 23.3. The van der Waals surface area contributed by atoms with Gasteiger partial charge in [-0.15, -0.1) is 0 Å². The first-order valence-electron chi connectivity index (χ1n) is 20.0. The topological polar surface area (TPSA) is 63.6 Å². The Bertz CT molecular complexity index is 738. The summed E-state index contributed by atoms with van der Waals surface area (Å²) in [6.45, 7) is 4.51. The van der Waals surface area contributed by atoms with Crippen LogP contribution in [0, 0.1) is 0 Å². The summed E-state index contributed by atoms with van der Waals surface area (Å²) in [5, 5.41) is 8.79. The van der Waals surface area contributed by atoms with Crippen LogP contribution in [0.2, 0.25) is 0 Å². The van der Waals surface area contributed by atoms with Crippen molar-refractivity contribution in [1.29, 1.82) is 0 Å². The lowest BCUT2D eigenvalue weighted by Crippen LogP contribution is -2.18. The fourth-order valence-electron chi connectivity index (χ4n) is 5.86. The Hall–Kier alpha value is -1.84. The number of carbonyl (C=O) groups excluding carboxylic acids is 1. The van der Waals surface area contributed by atoms with Crippen LogP contribution in [0.4, 0.5) is 0 Å². The molecule has 0 saturated heterocycles. The van der Waals surface area contributed by atoms with Gasteiger partial charge >= 0.3 is 11.9 Å². The summed E-state index contributed by atoms with van der Waals surface area (Å²) in [6, 6.07) is 0. The van der Waals surface area contributed by atoms with Crippen molar-refractivity contribution < 1.29 is 19.4 Å². The van der Waals surface area contributed by atoms with Crippen LogP contribution in [-0.4, -0.2) is 23.1 Å². The van der Waals surface area contributed by atoms with E-state index in [4.69, 9.17) is 9.84 Å². The second-order valence-corrected chi connectivity index (χ2v) is 13.5. The number of hydrogen-bond donors (Lipinski definition) is 1. The summed E-state index contributed by atoms with van der Waals surface area (Å²) in [6.07, 6.45) is 48.8. The average molecular weight is 645 g/mol. The van der Waals surface area contributed by atoms with Crippen molar-refractivity contribution >= 4 is 11.9 Å². The molecule has 0 aliphatic carbocycles. The van der Waals surface area contributed by atoms with Gasteiger partial charge in [-0.25, -0.2) is 0 Å². The van der Waals surface area contributed by atoms with Crippen LogP contribution in [0.5, 0.6) is 0 Å². The van der Waals surface area contributed by atoms with Crippen LogP contribution in [0.25, 0.3) is 0 Å². The van der Waals surface area contributed by atoms with E-state index < -0.39 is 5.97 Å². The molecule has 0 rings (SSSR count). The molecule has 0 aliphatic heterocycles. The number of rotatable bonds is 36. The third kappa shape index (κ3) is 36.6. The van der Waals surface area contributed by atoms with Gasteiger partial charge < -0.3 is 9.84 Å². The van der Waals surface area contributed by atoms with E-state index in [2.05, 4.69) is 50.3 Å². The third-order valence-electron chi connectivity index (χ3n) is 8.83. The Morgan fingerprint density at radius 2 is 0.848 bits per heavy atom.